The monoisotopic (exact) mass is 436 g/mol. The van der Waals surface area contributed by atoms with Crippen LogP contribution in [0, 0.1) is 11.5 Å². The minimum absolute atomic E-state index is 0.194. The molecule has 0 N–H and O–H groups in total. The van der Waals surface area contributed by atoms with Gasteiger partial charge < -0.3 is 0 Å². The first-order chi connectivity index (χ1) is 15.3. The van der Waals surface area contributed by atoms with Gasteiger partial charge in [0.25, 0.3) is 0 Å². The number of benzene rings is 3. The minimum Gasteiger partial charge on any atom is -0.257 e. The first-order valence-electron chi connectivity index (χ1n) is 11.5. The highest BCUT2D eigenvalue weighted by Gasteiger charge is 2.29. The molecule has 1 unspecified atom stereocenters. The summed E-state index contributed by atoms with van der Waals surface area (Å²) >= 11 is 0. The summed E-state index contributed by atoms with van der Waals surface area (Å²) in [6, 6.07) is 28.3. The van der Waals surface area contributed by atoms with E-state index in [0.29, 0.717) is 5.92 Å². The molecule has 0 saturated carbocycles. The van der Waals surface area contributed by atoms with Gasteiger partial charge in [0.1, 0.15) is 8.07 Å². The lowest BCUT2D eigenvalue weighted by Gasteiger charge is -2.24. The van der Waals surface area contributed by atoms with Crippen molar-refractivity contribution in [3.8, 4) is 11.5 Å². The second-order valence-electron chi connectivity index (χ2n) is 9.85. The second kappa shape index (κ2) is 9.18. The van der Waals surface area contributed by atoms with E-state index in [-0.39, 0.29) is 6.04 Å². The molecule has 0 fully saturated rings. The van der Waals surface area contributed by atoms with E-state index in [0.717, 1.165) is 23.4 Å². The summed E-state index contributed by atoms with van der Waals surface area (Å²) in [5.41, 5.74) is 10.6. The highest BCUT2D eigenvalue weighted by Crippen LogP contribution is 2.37. The van der Waals surface area contributed by atoms with E-state index in [2.05, 4.69) is 129 Å². The quantitative estimate of drug-likeness (QED) is 0.307. The molecule has 0 spiro atoms. The van der Waals surface area contributed by atoms with Gasteiger partial charge in [-0.2, -0.15) is 5.10 Å². The Morgan fingerprint density at radius 1 is 0.875 bits per heavy atom. The number of para-hydroxylation sites is 1. The lowest BCUT2D eigenvalue weighted by molar-refractivity contribution is 0.707. The summed E-state index contributed by atoms with van der Waals surface area (Å²) < 4.78 is 0. The molecule has 1 heterocycles. The van der Waals surface area contributed by atoms with Crippen molar-refractivity contribution in [2.45, 2.75) is 51.9 Å². The van der Waals surface area contributed by atoms with Gasteiger partial charge in [-0.1, -0.05) is 94.0 Å². The fourth-order valence-electron chi connectivity index (χ4n) is 3.87. The molecule has 0 aromatic heterocycles. The predicted molar refractivity (Wildman–Crippen MR) is 140 cm³/mol. The maximum Gasteiger partial charge on any atom is 0.129 e. The zero-order valence-electron chi connectivity index (χ0n) is 19.8. The van der Waals surface area contributed by atoms with Crippen molar-refractivity contribution in [1.82, 2.24) is 0 Å². The highest BCUT2D eigenvalue weighted by molar-refractivity contribution is 6.83. The zero-order valence-corrected chi connectivity index (χ0v) is 20.8. The normalized spacial score (nSPS) is 16.0. The third-order valence-corrected chi connectivity index (χ3v) is 6.59. The molecule has 0 saturated heterocycles. The van der Waals surface area contributed by atoms with Crippen LogP contribution in [0.3, 0.4) is 0 Å². The predicted octanol–water partition coefficient (Wildman–Crippen LogP) is 7.39. The molecule has 2 nitrogen and oxygen atoms in total. The van der Waals surface area contributed by atoms with Crippen LogP contribution in [0.2, 0.25) is 19.6 Å². The fourth-order valence-corrected chi connectivity index (χ4v) is 4.39. The molecule has 3 aromatic carbocycles. The molecule has 162 valence electrons. The van der Waals surface area contributed by atoms with E-state index in [1.54, 1.807) is 0 Å². The van der Waals surface area contributed by atoms with Gasteiger partial charge in [-0.25, -0.2) is 0 Å². The van der Waals surface area contributed by atoms with Crippen molar-refractivity contribution in [2.24, 2.45) is 5.10 Å². The van der Waals surface area contributed by atoms with Crippen LogP contribution in [0.25, 0.3) is 0 Å². The molecule has 0 amide bonds. The van der Waals surface area contributed by atoms with Gasteiger partial charge in [-0.05, 0) is 46.9 Å². The largest absolute Gasteiger partial charge is 0.257 e. The van der Waals surface area contributed by atoms with E-state index in [9.17, 15) is 0 Å². The summed E-state index contributed by atoms with van der Waals surface area (Å²) in [4.78, 5) is 0. The summed E-state index contributed by atoms with van der Waals surface area (Å²) in [6.07, 6.45) is 0.885. The maximum absolute atomic E-state index is 5.08. The number of hydrogen-bond acceptors (Lipinski definition) is 2. The summed E-state index contributed by atoms with van der Waals surface area (Å²) in [5.74, 6) is 3.88. The van der Waals surface area contributed by atoms with E-state index >= 15 is 0 Å². The van der Waals surface area contributed by atoms with Crippen LogP contribution in [-0.4, -0.2) is 13.8 Å². The molecule has 1 atom stereocenters. The van der Waals surface area contributed by atoms with Crippen LogP contribution in [0.5, 0.6) is 0 Å². The highest BCUT2D eigenvalue weighted by atomic mass is 28.3. The molecular weight excluding hydrogens is 404 g/mol. The van der Waals surface area contributed by atoms with E-state index < -0.39 is 8.07 Å². The number of anilines is 1. The molecule has 3 heteroatoms. The third-order valence-electron chi connectivity index (χ3n) is 5.72. The summed E-state index contributed by atoms with van der Waals surface area (Å²) in [6.45, 7) is 11.3. The van der Waals surface area contributed by atoms with Crippen molar-refractivity contribution in [3.05, 3.63) is 101 Å². The van der Waals surface area contributed by atoms with Crippen LogP contribution < -0.4 is 5.01 Å². The molecule has 4 rings (SSSR count). The first kappa shape index (κ1) is 22.1. The maximum atomic E-state index is 5.08. The second-order valence-corrected chi connectivity index (χ2v) is 14.6. The van der Waals surface area contributed by atoms with Crippen molar-refractivity contribution in [3.63, 3.8) is 0 Å². The molecular formula is C29H32N2Si. The first-order valence-corrected chi connectivity index (χ1v) is 15.0. The van der Waals surface area contributed by atoms with Crippen LogP contribution in [0.15, 0.2) is 84.0 Å². The van der Waals surface area contributed by atoms with Crippen LogP contribution in [0.4, 0.5) is 5.69 Å². The zero-order chi connectivity index (χ0) is 22.7. The lowest BCUT2D eigenvalue weighted by Crippen LogP contribution is -2.18. The van der Waals surface area contributed by atoms with Gasteiger partial charge >= 0.3 is 0 Å². The van der Waals surface area contributed by atoms with Crippen molar-refractivity contribution in [1.29, 1.82) is 0 Å². The standard InChI is InChI=1S/C29H32N2Si/c1-22(2)24-15-17-26(18-16-24)29-21-28(30-31(29)27-9-7-6-8-10-27)25-13-11-23(12-14-25)19-20-32(3,4)5/h6-18,22,29H,21H2,1-5H3. The third kappa shape index (κ3) is 5.20. The average molecular weight is 437 g/mol. The Kier molecular flexibility index (Phi) is 6.35. The van der Waals surface area contributed by atoms with Crippen LogP contribution >= 0.6 is 0 Å². The van der Waals surface area contributed by atoms with Crippen LogP contribution in [0.1, 0.15) is 54.5 Å². The Balaban J connectivity index is 1.64. The average Bonchev–Trinajstić information content (AvgIpc) is 3.24. The minimum atomic E-state index is -1.38. The Morgan fingerprint density at radius 2 is 1.53 bits per heavy atom. The Hall–Kier alpha value is -3.09. The van der Waals surface area contributed by atoms with Gasteiger partial charge in [0.05, 0.1) is 17.4 Å². The van der Waals surface area contributed by atoms with Crippen LogP contribution in [-0.2, 0) is 0 Å². The van der Waals surface area contributed by atoms with Gasteiger partial charge in [0.15, 0.2) is 0 Å². The fraction of sp³-hybridized carbons (Fsp3) is 0.276. The van der Waals surface area contributed by atoms with E-state index in [4.69, 9.17) is 5.10 Å². The molecule has 3 aromatic rings. The Morgan fingerprint density at radius 3 is 2.12 bits per heavy atom. The molecule has 32 heavy (non-hydrogen) atoms. The number of hydrazone groups is 1. The van der Waals surface area contributed by atoms with E-state index in [1.165, 1.54) is 16.7 Å². The smallest absolute Gasteiger partial charge is 0.129 e. The van der Waals surface area contributed by atoms with Crippen molar-refractivity contribution >= 4 is 19.5 Å². The van der Waals surface area contributed by atoms with Gasteiger partial charge in [-0.3, -0.25) is 5.01 Å². The number of hydrogen-bond donors (Lipinski definition) is 0. The molecule has 0 bridgehead atoms. The summed E-state index contributed by atoms with van der Waals surface area (Å²) in [7, 11) is -1.38. The molecule has 0 aliphatic carbocycles. The summed E-state index contributed by atoms with van der Waals surface area (Å²) in [5, 5.41) is 7.26. The van der Waals surface area contributed by atoms with Crippen molar-refractivity contribution in [2.75, 3.05) is 5.01 Å². The molecule has 0 radical (unpaired) electrons. The van der Waals surface area contributed by atoms with E-state index in [1.807, 2.05) is 0 Å². The number of rotatable bonds is 4. The topological polar surface area (TPSA) is 15.6 Å². The van der Waals surface area contributed by atoms with Gasteiger partial charge in [-0.15, -0.1) is 5.54 Å². The number of nitrogens with zero attached hydrogens (tertiary/aromatic N) is 2. The van der Waals surface area contributed by atoms with Crippen molar-refractivity contribution < 1.29 is 0 Å². The Labute approximate surface area is 194 Å². The van der Waals surface area contributed by atoms with Gasteiger partial charge in [0, 0.05) is 12.0 Å². The molecule has 1 aliphatic rings. The Bertz CT molecular complexity index is 1140. The lowest BCUT2D eigenvalue weighted by atomic mass is 9.95. The SMILES string of the molecule is CC(C)c1ccc(C2CC(c3ccc(C#C[Si](C)(C)C)cc3)=NN2c2ccccc2)cc1. The molecule has 1 aliphatic heterocycles. The van der Waals surface area contributed by atoms with Gasteiger partial charge in [0.2, 0.25) is 0 Å².